The summed E-state index contributed by atoms with van der Waals surface area (Å²) in [6, 6.07) is 13.9. The average molecular weight is 432 g/mol. The summed E-state index contributed by atoms with van der Waals surface area (Å²) in [5.41, 5.74) is 1.84. The Morgan fingerprint density at radius 2 is 1.44 bits per heavy atom. The molecule has 0 radical (unpaired) electrons. The third kappa shape index (κ3) is 6.86. The number of hydrogen-bond donors (Lipinski definition) is 3. The van der Waals surface area contributed by atoms with Gasteiger partial charge in [0.25, 0.3) is 5.91 Å². The Kier molecular flexibility index (Phi) is 7.55. The minimum absolute atomic E-state index is 0.0618. The van der Waals surface area contributed by atoms with Gasteiger partial charge >= 0.3 is 0 Å². The monoisotopic (exact) mass is 431 g/mol. The predicted molar refractivity (Wildman–Crippen MR) is 110 cm³/mol. The maximum Gasteiger partial charge on any atom is 0.251 e. The number of rotatable bonds is 7. The largest absolute Gasteiger partial charge is 0.352 e. The highest BCUT2D eigenvalue weighted by Crippen LogP contribution is 2.15. The fourth-order valence-corrected chi connectivity index (χ4v) is 2.40. The number of hydrogen-bond acceptors (Lipinski definition) is 3. The first kappa shape index (κ1) is 20.6. The molecule has 0 atom stereocenters. The summed E-state index contributed by atoms with van der Waals surface area (Å²) in [6.07, 6.45) is 0.161. The molecular weight excluding hydrogens is 410 g/mol. The summed E-state index contributed by atoms with van der Waals surface area (Å²) >= 11 is 3.31. The molecule has 0 fully saturated rings. The number of benzene rings is 2. The van der Waals surface area contributed by atoms with E-state index in [1.165, 1.54) is 0 Å². The van der Waals surface area contributed by atoms with Crippen molar-refractivity contribution in [3.8, 4) is 0 Å². The standard InChI is InChI=1S/C20H22BrN3O3/c1-13(2)19(26)24-17-9-7-16(8-10-17)23-18(25)11-12-22-20(27)14-3-5-15(21)6-4-14/h3-10,13H,11-12H2,1-2H3,(H,22,27)(H,23,25)(H,24,26). The molecule has 2 rings (SSSR count). The maximum atomic E-state index is 12.0. The Hall–Kier alpha value is -2.67. The van der Waals surface area contributed by atoms with Crippen LogP contribution < -0.4 is 16.0 Å². The van der Waals surface area contributed by atoms with Crippen molar-refractivity contribution >= 4 is 45.0 Å². The number of halogens is 1. The summed E-state index contributed by atoms with van der Waals surface area (Å²) in [7, 11) is 0. The van der Waals surface area contributed by atoms with Crippen LogP contribution in [0, 0.1) is 5.92 Å². The van der Waals surface area contributed by atoms with E-state index in [0.717, 1.165) is 4.47 Å². The third-order valence-corrected chi connectivity index (χ3v) is 4.23. The van der Waals surface area contributed by atoms with Crippen LogP contribution in [0.2, 0.25) is 0 Å². The molecule has 7 heteroatoms. The quantitative estimate of drug-likeness (QED) is 0.622. The van der Waals surface area contributed by atoms with E-state index in [0.29, 0.717) is 16.9 Å². The molecule has 0 aliphatic rings. The van der Waals surface area contributed by atoms with Gasteiger partial charge in [-0.05, 0) is 48.5 Å². The molecule has 0 heterocycles. The van der Waals surface area contributed by atoms with Crippen LogP contribution in [0.3, 0.4) is 0 Å². The van der Waals surface area contributed by atoms with Gasteiger partial charge in [-0.2, -0.15) is 0 Å². The lowest BCUT2D eigenvalue weighted by molar-refractivity contribution is -0.119. The summed E-state index contributed by atoms with van der Waals surface area (Å²) in [5, 5.41) is 8.26. The highest BCUT2D eigenvalue weighted by Gasteiger charge is 2.09. The smallest absolute Gasteiger partial charge is 0.251 e. The Morgan fingerprint density at radius 3 is 2.00 bits per heavy atom. The lowest BCUT2D eigenvalue weighted by Gasteiger charge is -2.10. The van der Waals surface area contributed by atoms with Crippen molar-refractivity contribution in [1.82, 2.24) is 5.32 Å². The molecule has 0 aliphatic carbocycles. The highest BCUT2D eigenvalue weighted by molar-refractivity contribution is 9.10. The van der Waals surface area contributed by atoms with Crippen LogP contribution in [0.1, 0.15) is 30.6 Å². The molecule has 142 valence electrons. The zero-order chi connectivity index (χ0) is 19.8. The molecule has 0 aromatic heterocycles. The maximum absolute atomic E-state index is 12.0. The highest BCUT2D eigenvalue weighted by atomic mass is 79.9. The summed E-state index contributed by atoms with van der Waals surface area (Å²) in [4.78, 5) is 35.6. The summed E-state index contributed by atoms with van der Waals surface area (Å²) in [6.45, 7) is 3.88. The number of anilines is 2. The lowest BCUT2D eigenvalue weighted by Crippen LogP contribution is -2.27. The zero-order valence-electron chi connectivity index (χ0n) is 15.2. The van der Waals surface area contributed by atoms with E-state index >= 15 is 0 Å². The van der Waals surface area contributed by atoms with Crippen LogP contribution in [0.25, 0.3) is 0 Å². The molecule has 3 amide bonds. The first-order chi connectivity index (χ1) is 12.8. The minimum atomic E-state index is -0.222. The van der Waals surface area contributed by atoms with Gasteiger partial charge in [0.2, 0.25) is 11.8 Å². The van der Waals surface area contributed by atoms with Crippen LogP contribution >= 0.6 is 15.9 Å². The van der Waals surface area contributed by atoms with E-state index < -0.39 is 0 Å². The fourth-order valence-electron chi connectivity index (χ4n) is 2.14. The van der Waals surface area contributed by atoms with Crippen LogP contribution in [-0.2, 0) is 9.59 Å². The van der Waals surface area contributed by atoms with Gasteiger partial charge < -0.3 is 16.0 Å². The van der Waals surface area contributed by atoms with Crippen molar-refractivity contribution < 1.29 is 14.4 Å². The molecule has 0 saturated heterocycles. The molecule has 0 aliphatic heterocycles. The van der Waals surface area contributed by atoms with E-state index in [4.69, 9.17) is 0 Å². The first-order valence-corrected chi connectivity index (χ1v) is 9.39. The topological polar surface area (TPSA) is 87.3 Å². The van der Waals surface area contributed by atoms with Gasteiger partial charge in [0.15, 0.2) is 0 Å². The van der Waals surface area contributed by atoms with Gasteiger partial charge in [0.1, 0.15) is 0 Å². The molecule has 0 saturated carbocycles. The van der Waals surface area contributed by atoms with Crippen LogP contribution in [0.15, 0.2) is 53.0 Å². The van der Waals surface area contributed by atoms with Crippen LogP contribution in [-0.4, -0.2) is 24.3 Å². The molecule has 0 unspecified atom stereocenters. The number of carbonyl (C=O) groups excluding carboxylic acids is 3. The van der Waals surface area contributed by atoms with Crippen molar-refractivity contribution in [3.05, 3.63) is 58.6 Å². The van der Waals surface area contributed by atoms with E-state index in [-0.39, 0.29) is 36.6 Å². The van der Waals surface area contributed by atoms with Gasteiger partial charge in [0, 0.05) is 40.3 Å². The van der Waals surface area contributed by atoms with Gasteiger partial charge in [-0.15, -0.1) is 0 Å². The second-order valence-corrected chi connectivity index (χ2v) is 7.20. The van der Waals surface area contributed by atoms with E-state index in [2.05, 4.69) is 31.9 Å². The normalized spacial score (nSPS) is 10.4. The summed E-state index contributed by atoms with van der Waals surface area (Å²) in [5.74, 6) is -0.587. The van der Waals surface area contributed by atoms with Crippen molar-refractivity contribution in [2.45, 2.75) is 20.3 Å². The second-order valence-electron chi connectivity index (χ2n) is 6.28. The molecule has 6 nitrogen and oxygen atoms in total. The Labute approximate surface area is 166 Å². The zero-order valence-corrected chi connectivity index (χ0v) is 16.8. The van der Waals surface area contributed by atoms with Gasteiger partial charge in [-0.25, -0.2) is 0 Å². The van der Waals surface area contributed by atoms with Crippen molar-refractivity contribution in [2.24, 2.45) is 5.92 Å². The number of amides is 3. The molecule has 27 heavy (non-hydrogen) atoms. The SMILES string of the molecule is CC(C)C(=O)Nc1ccc(NC(=O)CCNC(=O)c2ccc(Br)cc2)cc1. The number of nitrogens with one attached hydrogen (secondary N) is 3. The Bertz CT molecular complexity index is 802. The molecule has 0 spiro atoms. The fraction of sp³-hybridized carbons (Fsp3) is 0.250. The average Bonchev–Trinajstić information content (AvgIpc) is 2.63. The van der Waals surface area contributed by atoms with Gasteiger partial charge in [-0.1, -0.05) is 29.8 Å². The molecular formula is C20H22BrN3O3. The van der Waals surface area contributed by atoms with Gasteiger partial charge in [-0.3, -0.25) is 14.4 Å². The lowest BCUT2D eigenvalue weighted by atomic mass is 10.2. The number of carbonyl (C=O) groups is 3. The van der Waals surface area contributed by atoms with E-state index in [9.17, 15) is 14.4 Å². The minimum Gasteiger partial charge on any atom is -0.352 e. The van der Waals surface area contributed by atoms with Crippen molar-refractivity contribution in [2.75, 3.05) is 17.2 Å². The van der Waals surface area contributed by atoms with Crippen molar-refractivity contribution in [3.63, 3.8) is 0 Å². The Morgan fingerprint density at radius 1 is 0.889 bits per heavy atom. The second kappa shape index (κ2) is 9.87. The van der Waals surface area contributed by atoms with Crippen LogP contribution in [0.4, 0.5) is 11.4 Å². The molecule has 3 N–H and O–H groups in total. The predicted octanol–water partition coefficient (Wildman–Crippen LogP) is 3.80. The molecule has 2 aromatic carbocycles. The Balaban J connectivity index is 1.76. The van der Waals surface area contributed by atoms with Crippen LogP contribution in [0.5, 0.6) is 0 Å². The van der Waals surface area contributed by atoms with E-state index in [1.54, 1.807) is 48.5 Å². The summed E-state index contributed by atoms with van der Waals surface area (Å²) < 4.78 is 0.896. The third-order valence-electron chi connectivity index (χ3n) is 3.70. The molecule has 0 bridgehead atoms. The van der Waals surface area contributed by atoms with E-state index in [1.807, 2.05) is 13.8 Å². The van der Waals surface area contributed by atoms with Gasteiger partial charge in [0.05, 0.1) is 0 Å². The molecule has 2 aromatic rings. The van der Waals surface area contributed by atoms with Crippen molar-refractivity contribution in [1.29, 1.82) is 0 Å². The first-order valence-electron chi connectivity index (χ1n) is 8.59.